The SMILES string of the molecule is CCCCCOc1cccc(CN2CC[N]CC2)c1. The summed E-state index contributed by atoms with van der Waals surface area (Å²) in [4.78, 5) is 2.46. The third kappa shape index (κ3) is 5.21. The van der Waals surface area contributed by atoms with Gasteiger partial charge in [0.2, 0.25) is 0 Å². The highest BCUT2D eigenvalue weighted by atomic mass is 16.5. The quantitative estimate of drug-likeness (QED) is 0.705. The molecule has 105 valence electrons. The predicted octanol–water partition coefficient (Wildman–Crippen LogP) is 2.68. The molecule has 0 saturated carbocycles. The number of hydrogen-bond acceptors (Lipinski definition) is 2. The van der Waals surface area contributed by atoms with Crippen LogP contribution in [0.15, 0.2) is 24.3 Å². The molecule has 1 aromatic rings. The molecule has 3 nitrogen and oxygen atoms in total. The molecule has 2 rings (SSSR count). The van der Waals surface area contributed by atoms with E-state index in [1.165, 1.54) is 18.4 Å². The van der Waals surface area contributed by atoms with Crippen LogP contribution in [0.2, 0.25) is 0 Å². The third-order valence-electron chi connectivity index (χ3n) is 3.47. The summed E-state index contributed by atoms with van der Waals surface area (Å²) in [5.74, 6) is 1.01. The molecular weight excluding hydrogens is 236 g/mol. The summed E-state index contributed by atoms with van der Waals surface area (Å²) in [5.41, 5.74) is 1.34. The highest BCUT2D eigenvalue weighted by Gasteiger charge is 2.10. The van der Waals surface area contributed by atoms with Crippen LogP contribution < -0.4 is 10.1 Å². The van der Waals surface area contributed by atoms with E-state index in [0.717, 1.165) is 51.5 Å². The van der Waals surface area contributed by atoms with Crippen LogP contribution in [0.5, 0.6) is 5.75 Å². The Morgan fingerprint density at radius 1 is 1.21 bits per heavy atom. The Labute approximate surface area is 116 Å². The van der Waals surface area contributed by atoms with Gasteiger partial charge in [0, 0.05) is 32.7 Å². The zero-order valence-electron chi connectivity index (χ0n) is 12.0. The van der Waals surface area contributed by atoms with Crippen LogP contribution in [0, 0.1) is 0 Å². The van der Waals surface area contributed by atoms with E-state index in [-0.39, 0.29) is 0 Å². The van der Waals surface area contributed by atoms with Gasteiger partial charge in [0.15, 0.2) is 0 Å². The molecule has 1 aromatic carbocycles. The average molecular weight is 261 g/mol. The molecule has 1 radical (unpaired) electrons. The summed E-state index contributed by atoms with van der Waals surface area (Å²) >= 11 is 0. The highest BCUT2D eigenvalue weighted by Crippen LogP contribution is 2.15. The minimum Gasteiger partial charge on any atom is -0.494 e. The van der Waals surface area contributed by atoms with E-state index >= 15 is 0 Å². The van der Waals surface area contributed by atoms with Crippen LogP contribution in [0.1, 0.15) is 31.7 Å². The van der Waals surface area contributed by atoms with Crippen LogP contribution in [-0.2, 0) is 6.54 Å². The second-order valence-corrected chi connectivity index (χ2v) is 5.15. The van der Waals surface area contributed by atoms with Crippen molar-refractivity contribution in [2.45, 2.75) is 32.7 Å². The summed E-state index contributed by atoms with van der Waals surface area (Å²) in [6.45, 7) is 8.19. The summed E-state index contributed by atoms with van der Waals surface area (Å²) in [6, 6.07) is 8.52. The number of benzene rings is 1. The lowest BCUT2D eigenvalue weighted by molar-refractivity contribution is 0.230. The summed E-state index contributed by atoms with van der Waals surface area (Å²) < 4.78 is 5.80. The topological polar surface area (TPSA) is 26.6 Å². The van der Waals surface area contributed by atoms with Crippen LogP contribution in [0.25, 0.3) is 0 Å². The molecule has 1 fully saturated rings. The molecule has 0 N–H and O–H groups in total. The molecule has 1 heterocycles. The average Bonchev–Trinajstić information content (AvgIpc) is 2.45. The van der Waals surface area contributed by atoms with Crippen LogP contribution >= 0.6 is 0 Å². The fourth-order valence-electron chi connectivity index (χ4n) is 2.34. The van der Waals surface area contributed by atoms with Gasteiger partial charge in [-0.05, 0) is 24.1 Å². The van der Waals surface area contributed by atoms with Crippen molar-refractivity contribution >= 4 is 0 Å². The summed E-state index contributed by atoms with van der Waals surface area (Å²) in [7, 11) is 0. The van der Waals surface area contributed by atoms with Crippen LogP contribution in [0.4, 0.5) is 0 Å². The second kappa shape index (κ2) is 8.18. The van der Waals surface area contributed by atoms with Crippen molar-refractivity contribution in [2.24, 2.45) is 0 Å². The number of rotatable bonds is 7. The third-order valence-corrected chi connectivity index (χ3v) is 3.47. The number of ether oxygens (including phenoxy) is 1. The minimum absolute atomic E-state index is 0.833. The predicted molar refractivity (Wildman–Crippen MR) is 78.6 cm³/mol. The van der Waals surface area contributed by atoms with Gasteiger partial charge in [0.05, 0.1) is 6.61 Å². The largest absolute Gasteiger partial charge is 0.494 e. The van der Waals surface area contributed by atoms with Gasteiger partial charge < -0.3 is 4.74 Å². The molecule has 3 heteroatoms. The van der Waals surface area contributed by atoms with Gasteiger partial charge in [-0.15, -0.1) is 0 Å². The first-order valence-electron chi connectivity index (χ1n) is 7.46. The lowest BCUT2D eigenvalue weighted by Crippen LogP contribution is -2.39. The summed E-state index contributed by atoms with van der Waals surface area (Å²) in [6.07, 6.45) is 3.63. The molecule has 0 bridgehead atoms. The maximum absolute atomic E-state index is 5.80. The van der Waals surface area contributed by atoms with Gasteiger partial charge in [-0.25, -0.2) is 5.32 Å². The van der Waals surface area contributed by atoms with E-state index in [9.17, 15) is 0 Å². The number of piperazine rings is 1. The number of unbranched alkanes of at least 4 members (excludes halogenated alkanes) is 2. The highest BCUT2D eigenvalue weighted by molar-refractivity contribution is 5.28. The first-order valence-corrected chi connectivity index (χ1v) is 7.46. The normalized spacial score (nSPS) is 16.5. The van der Waals surface area contributed by atoms with Crippen LogP contribution in [-0.4, -0.2) is 37.7 Å². The maximum atomic E-state index is 5.80. The first-order chi connectivity index (χ1) is 9.38. The Morgan fingerprint density at radius 3 is 2.84 bits per heavy atom. The Balaban J connectivity index is 1.80. The van der Waals surface area contributed by atoms with E-state index < -0.39 is 0 Å². The minimum atomic E-state index is 0.833. The monoisotopic (exact) mass is 261 g/mol. The number of hydrogen-bond donors (Lipinski definition) is 0. The van der Waals surface area contributed by atoms with Crippen molar-refractivity contribution in [3.05, 3.63) is 29.8 Å². The molecular formula is C16H25N2O. The Bertz CT molecular complexity index is 362. The lowest BCUT2D eigenvalue weighted by atomic mass is 10.2. The van der Waals surface area contributed by atoms with Gasteiger partial charge in [0.1, 0.15) is 5.75 Å². The molecule has 0 atom stereocenters. The van der Waals surface area contributed by atoms with Gasteiger partial charge >= 0.3 is 0 Å². The second-order valence-electron chi connectivity index (χ2n) is 5.15. The molecule has 0 spiro atoms. The van der Waals surface area contributed by atoms with Crippen molar-refractivity contribution in [3.8, 4) is 5.75 Å². The molecule has 1 aliphatic heterocycles. The Kier molecular flexibility index (Phi) is 6.18. The zero-order valence-corrected chi connectivity index (χ0v) is 12.0. The molecule has 1 aliphatic rings. The maximum Gasteiger partial charge on any atom is 0.119 e. The van der Waals surface area contributed by atoms with E-state index in [1.807, 2.05) is 0 Å². The van der Waals surface area contributed by atoms with Gasteiger partial charge in [-0.1, -0.05) is 31.9 Å². The fraction of sp³-hybridized carbons (Fsp3) is 0.625. The first kappa shape index (κ1) is 14.4. The van der Waals surface area contributed by atoms with Crippen LogP contribution in [0.3, 0.4) is 0 Å². The molecule has 0 aromatic heterocycles. The molecule has 0 aliphatic carbocycles. The van der Waals surface area contributed by atoms with E-state index in [2.05, 4.69) is 41.4 Å². The van der Waals surface area contributed by atoms with Crippen molar-refractivity contribution in [1.82, 2.24) is 10.2 Å². The molecule has 0 amide bonds. The fourth-order valence-corrected chi connectivity index (χ4v) is 2.34. The molecule has 0 unspecified atom stereocenters. The molecule has 19 heavy (non-hydrogen) atoms. The smallest absolute Gasteiger partial charge is 0.119 e. The number of nitrogens with zero attached hydrogens (tertiary/aromatic N) is 2. The van der Waals surface area contributed by atoms with E-state index in [1.54, 1.807) is 0 Å². The van der Waals surface area contributed by atoms with Crippen molar-refractivity contribution in [3.63, 3.8) is 0 Å². The van der Waals surface area contributed by atoms with E-state index in [4.69, 9.17) is 4.74 Å². The van der Waals surface area contributed by atoms with Crippen molar-refractivity contribution in [2.75, 3.05) is 32.8 Å². The standard InChI is InChI=1S/C16H25N2O/c1-2-3-4-12-19-16-7-5-6-15(13-16)14-18-10-8-17-9-11-18/h5-7,13H,2-4,8-12,14H2,1H3. The van der Waals surface area contributed by atoms with Crippen molar-refractivity contribution in [1.29, 1.82) is 0 Å². The van der Waals surface area contributed by atoms with Crippen molar-refractivity contribution < 1.29 is 4.74 Å². The Hall–Kier alpha value is -1.06. The zero-order chi connectivity index (χ0) is 13.3. The molecule has 1 saturated heterocycles. The van der Waals surface area contributed by atoms with Gasteiger partial charge in [-0.2, -0.15) is 0 Å². The lowest BCUT2D eigenvalue weighted by Gasteiger charge is -2.26. The van der Waals surface area contributed by atoms with E-state index in [0.29, 0.717) is 0 Å². The van der Waals surface area contributed by atoms with Gasteiger partial charge in [0.25, 0.3) is 0 Å². The Morgan fingerprint density at radius 2 is 2.05 bits per heavy atom. The summed E-state index contributed by atoms with van der Waals surface area (Å²) in [5, 5.41) is 4.38. The van der Waals surface area contributed by atoms with Gasteiger partial charge in [-0.3, -0.25) is 4.90 Å².